The van der Waals surface area contributed by atoms with E-state index < -0.39 is 0 Å². The predicted molar refractivity (Wildman–Crippen MR) is 76.8 cm³/mol. The van der Waals surface area contributed by atoms with Crippen LogP contribution in [-0.2, 0) is 11.2 Å². The fraction of sp³-hybridized carbons (Fsp3) is 0.364. The summed E-state index contributed by atoms with van der Waals surface area (Å²) in [6, 6.07) is 7.96. The minimum atomic E-state index is 0. The largest absolute Gasteiger partial charge is 0.352 e. The van der Waals surface area contributed by atoms with Crippen molar-refractivity contribution >= 4 is 40.9 Å². The van der Waals surface area contributed by atoms with Crippen LogP contribution in [0, 0.1) is 3.57 Å². The van der Waals surface area contributed by atoms with Crippen molar-refractivity contribution < 1.29 is 4.79 Å². The number of halogens is 2. The molecule has 0 unspecified atom stereocenters. The summed E-state index contributed by atoms with van der Waals surface area (Å²) in [7, 11) is 0. The highest BCUT2D eigenvalue weighted by Crippen LogP contribution is 2.08. The molecule has 0 heterocycles. The van der Waals surface area contributed by atoms with E-state index in [-0.39, 0.29) is 24.4 Å². The number of nitrogens with one attached hydrogen (secondary N) is 1. The quantitative estimate of drug-likeness (QED) is 0.809. The lowest BCUT2D eigenvalue weighted by atomic mass is 10.1. The second kappa shape index (κ2) is 7.86. The molecule has 0 saturated heterocycles. The Morgan fingerprint density at radius 2 is 2.25 bits per heavy atom. The molecule has 0 aromatic heterocycles. The first-order chi connectivity index (χ1) is 7.11. The smallest absolute Gasteiger partial charge is 0.224 e. The standard InChI is InChI=1S/C11H15IN2O.ClH/c1-8(7-13)14-11(15)6-9-3-2-4-10(12)5-9;/h2-5,8H,6-7,13H2,1H3,(H,14,15);1H/t8-;/m0./s1. The Balaban J connectivity index is 0.00000225. The number of carbonyl (C=O) groups is 1. The second-order valence-corrected chi connectivity index (χ2v) is 4.76. The van der Waals surface area contributed by atoms with Crippen molar-refractivity contribution in [2.45, 2.75) is 19.4 Å². The topological polar surface area (TPSA) is 55.1 Å². The molecule has 1 atom stereocenters. The number of benzene rings is 1. The summed E-state index contributed by atoms with van der Waals surface area (Å²) < 4.78 is 1.14. The first-order valence-corrected chi connectivity index (χ1v) is 5.93. The lowest BCUT2D eigenvalue weighted by Gasteiger charge is -2.11. The van der Waals surface area contributed by atoms with Gasteiger partial charge in [-0.05, 0) is 47.2 Å². The van der Waals surface area contributed by atoms with Gasteiger partial charge in [0.05, 0.1) is 6.42 Å². The molecule has 3 nitrogen and oxygen atoms in total. The summed E-state index contributed by atoms with van der Waals surface area (Å²) in [4.78, 5) is 11.5. The number of nitrogens with two attached hydrogens (primary N) is 1. The Kier molecular flexibility index (Phi) is 7.70. The highest BCUT2D eigenvalue weighted by molar-refractivity contribution is 14.1. The number of hydrogen-bond donors (Lipinski definition) is 2. The molecule has 3 N–H and O–H groups in total. The highest BCUT2D eigenvalue weighted by Gasteiger charge is 2.06. The van der Waals surface area contributed by atoms with Crippen molar-refractivity contribution in [3.63, 3.8) is 0 Å². The molecule has 16 heavy (non-hydrogen) atoms. The predicted octanol–water partition coefficient (Wildman–Crippen LogP) is 1.72. The van der Waals surface area contributed by atoms with Gasteiger partial charge in [0.25, 0.3) is 0 Å². The SMILES string of the molecule is C[C@@H](CN)NC(=O)Cc1cccc(I)c1.Cl. The van der Waals surface area contributed by atoms with Crippen LogP contribution in [0.1, 0.15) is 12.5 Å². The molecule has 0 saturated carbocycles. The van der Waals surface area contributed by atoms with E-state index in [1.165, 1.54) is 0 Å². The second-order valence-electron chi connectivity index (χ2n) is 3.51. The first-order valence-electron chi connectivity index (χ1n) is 4.85. The number of rotatable bonds is 4. The molecule has 0 aliphatic heterocycles. The maximum atomic E-state index is 11.5. The summed E-state index contributed by atoms with van der Waals surface area (Å²) in [5, 5.41) is 2.83. The van der Waals surface area contributed by atoms with E-state index in [9.17, 15) is 4.79 Å². The van der Waals surface area contributed by atoms with Gasteiger partial charge in [0.15, 0.2) is 0 Å². The molecule has 0 fully saturated rings. The molecule has 1 amide bonds. The molecule has 0 radical (unpaired) electrons. The van der Waals surface area contributed by atoms with Gasteiger partial charge >= 0.3 is 0 Å². The molecule has 5 heteroatoms. The summed E-state index contributed by atoms with van der Waals surface area (Å²) >= 11 is 2.23. The van der Waals surface area contributed by atoms with Crippen LogP contribution < -0.4 is 11.1 Å². The fourth-order valence-electron chi connectivity index (χ4n) is 1.22. The summed E-state index contributed by atoms with van der Waals surface area (Å²) in [5.74, 6) is 0.0231. The molecule has 90 valence electrons. The van der Waals surface area contributed by atoms with Crippen molar-refractivity contribution in [2.24, 2.45) is 5.73 Å². The van der Waals surface area contributed by atoms with Gasteiger partial charge in [-0.15, -0.1) is 12.4 Å². The van der Waals surface area contributed by atoms with Gasteiger partial charge in [-0.25, -0.2) is 0 Å². The molecular formula is C11H16ClIN2O. The number of carbonyl (C=O) groups excluding carboxylic acids is 1. The van der Waals surface area contributed by atoms with Gasteiger partial charge in [0, 0.05) is 16.2 Å². The first kappa shape index (κ1) is 15.7. The van der Waals surface area contributed by atoms with Crippen molar-refractivity contribution in [3.8, 4) is 0 Å². The van der Waals surface area contributed by atoms with Crippen molar-refractivity contribution in [3.05, 3.63) is 33.4 Å². The molecule has 0 aliphatic carbocycles. The van der Waals surface area contributed by atoms with E-state index in [1.54, 1.807) is 0 Å². The molecule has 0 aliphatic rings. The van der Waals surface area contributed by atoms with Crippen molar-refractivity contribution in [1.82, 2.24) is 5.32 Å². The van der Waals surface area contributed by atoms with Crippen LogP contribution in [0.2, 0.25) is 0 Å². The Labute approximate surface area is 116 Å². The van der Waals surface area contributed by atoms with Crippen LogP contribution in [0.25, 0.3) is 0 Å². The third-order valence-corrected chi connectivity index (χ3v) is 2.69. The fourth-order valence-corrected chi connectivity index (χ4v) is 1.82. The van der Waals surface area contributed by atoms with Crippen LogP contribution in [0.4, 0.5) is 0 Å². The van der Waals surface area contributed by atoms with Crippen molar-refractivity contribution in [1.29, 1.82) is 0 Å². The van der Waals surface area contributed by atoms with E-state index >= 15 is 0 Å². The van der Waals surface area contributed by atoms with Gasteiger partial charge < -0.3 is 11.1 Å². The minimum Gasteiger partial charge on any atom is -0.352 e. The Morgan fingerprint density at radius 3 is 2.81 bits per heavy atom. The van der Waals surface area contributed by atoms with Gasteiger partial charge in [-0.3, -0.25) is 4.79 Å². The van der Waals surface area contributed by atoms with E-state index in [1.807, 2.05) is 31.2 Å². The Hall–Kier alpha value is -0.330. The zero-order chi connectivity index (χ0) is 11.3. The zero-order valence-electron chi connectivity index (χ0n) is 9.07. The van der Waals surface area contributed by atoms with Crippen LogP contribution in [0.15, 0.2) is 24.3 Å². The van der Waals surface area contributed by atoms with Crippen LogP contribution in [-0.4, -0.2) is 18.5 Å². The van der Waals surface area contributed by atoms with E-state index in [4.69, 9.17) is 5.73 Å². The Morgan fingerprint density at radius 1 is 1.56 bits per heavy atom. The highest BCUT2D eigenvalue weighted by atomic mass is 127. The van der Waals surface area contributed by atoms with Crippen LogP contribution in [0.3, 0.4) is 0 Å². The molecule has 1 aromatic rings. The summed E-state index contributed by atoms with van der Waals surface area (Å²) in [5.41, 5.74) is 6.45. The Bertz CT molecular complexity index is 347. The van der Waals surface area contributed by atoms with E-state index in [2.05, 4.69) is 27.9 Å². The number of hydrogen-bond acceptors (Lipinski definition) is 2. The zero-order valence-corrected chi connectivity index (χ0v) is 12.0. The lowest BCUT2D eigenvalue weighted by molar-refractivity contribution is -0.120. The third-order valence-electron chi connectivity index (χ3n) is 2.01. The summed E-state index contributed by atoms with van der Waals surface area (Å²) in [6.45, 7) is 2.37. The molecule has 0 bridgehead atoms. The van der Waals surface area contributed by atoms with Crippen molar-refractivity contribution in [2.75, 3.05) is 6.54 Å². The normalized spacial score (nSPS) is 11.4. The average molecular weight is 355 g/mol. The monoisotopic (exact) mass is 354 g/mol. The average Bonchev–Trinajstić information content (AvgIpc) is 2.17. The maximum absolute atomic E-state index is 11.5. The molecule has 1 aromatic carbocycles. The summed E-state index contributed by atoms with van der Waals surface area (Å²) in [6.07, 6.45) is 0.418. The van der Waals surface area contributed by atoms with Gasteiger partial charge in [0.1, 0.15) is 0 Å². The maximum Gasteiger partial charge on any atom is 0.224 e. The third kappa shape index (κ3) is 5.67. The van der Waals surface area contributed by atoms with E-state index in [0.29, 0.717) is 13.0 Å². The van der Waals surface area contributed by atoms with Gasteiger partial charge in [-0.1, -0.05) is 12.1 Å². The molecule has 0 spiro atoms. The molecule has 1 rings (SSSR count). The minimum absolute atomic E-state index is 0. The molecular weight excluding hydrogens is 338 g/mol. The van der Waals surface area contributed by atoms with Crippen LogP contribution >= 0.6 is 35.0 Å². The number of amides is 1. The lowest BCUT2D eigenvalue weighted by Crippen LogP contribution is -2.38. The van der Waals surface area contributed by atoms with Gasteiger partial charge in [0.2, 0.25) is 5.91 Å². The van der Waals surface area contributed by atoms with E-state index in [0.717, 1.165) is 9.13 Å². The van der Waals surface area contributed by atoms with Crippen LogP contribution in [0.5, 0.6) is 0 Å². The van der Waals surface area contributed by atoms with Gasteiger partial charge in [-0.2, -0.15) is 0 Å².